The number of hydrogen-bond donors (Lipinski definition) is 2. The summed E-state index contributed by atoms with van der Waals surface area (Å²) in [5.41, 5.74) is 6.91. The van der Waals surface area contributed by atoms with E-state index in [-0.39, 0.29) is 24.2 Å². The maximum absolute atomic E-state index is 9.84. The summed E-state index contributed by atoms with van der Waals surface area (Å²) in [5.74, 6) is 1.03. The SMILES string of the molecule is Cl.N[C@@H](CC1CC1)c1c(O)cc(Br)cc1Br. The van der Waals surface area contributed by atoms with Crippen molar-refractivity contribution < 1.29 is 5.11 Å². The van der Waals surface area contributed by atoms with Crippen LogP contribution in [0.3, 0.4) is 0 Å². The second-order valence-corrected chi connectivity index (χ2v) is 5.88. The van der Waals surface area contributed by atoms with Crippen LogP contribution in [0.4, 0.5) is 0 Å². The van der Waals surface area contributed by atoms with Crippen molar-refractivity contribution in [2.75, 3.05) is 0 Å². The van der Waals surface area contributed by atoms with E-state index in [0.717, 1.165) is 26.8 Å². The van der Waals surface area contributed by atoms with Crippen LogP contribution in [-0.4, -0.2) is 5.11 Å². The summed E-state index contributed by atoms with van der Waals surface area (Å²) in [6.07, 6.45) is 3.53. The summed E-state index contributed by atoms with van der Waals surface area (Å²) >= 11 is 6.77. The highest BCUT2D eigenvalue weighted by Gasteiger charge is 2.26. The number of halogens is 3. The van der Waals surface area contributed by atoms with Crippen molar-refractivity contribution in [1.29, 1.82) is 0 Å². The molecule has 1 fully saturated rings. The molecule has 1 aliphatic carbocycles. The van der Waals surface area contributed by atoms with Gasteiger partial charge in [0.15, 0.2) is 0 Å². The van der Waals surface area contributed by atoms with Crippen molar-refractivity contribution in [1.82, 2.24) is 0 Å². The quantitative estimate of drug-likeness (QED) is 0.839. The van der Waals surface area contributed by atoms with Crippen LogP contribution in [0.1, 0.15) is 30.9 Å². The average Bonchev–Trinajstić information content (AvgIpc) is 2.85. The Morgan fingerprint density at radius 2 is 2.00 bits per heavy atom. The molecule has 0 bridgehead atoms. The van der Waals surface area contributed by atoms with E-state index in [2.05, 4.69) is 31.9 Å². The zero-order valence-electron chi connectivity index (χ0n) is 8.62. The lowest BCUT2D eigenvalue weighted by atomic mass is 10.0. The minimum absolute atomic E-state index is 0. The van der Waals surface area contributed by atoms with Gasteiger partial charge in [-0.2, -0.15) is 0 Å². The van der Waals surface area contributed by atoms with Crippen molar-refractivity contribution in [3.05, 3.63) is 26.6 Å². The lowest BCUT2D eigenvalue weighted by Crippen LogP contribution is -2.12. The molecule has 16 heavy (non-hydrogen) atoms. The van der Waals surface area contributed by atoms with Gasteiger partial charge >= 0.3 is 0 Å². The molecule has 2 rings (SSSR count). The van der Waals surface area contributed by atoms with Gasteiger partial charge in [0, 0.05) is 20.6 Å². The van der Waals surface area contributed by atoms with Crippen LogP contribution in [0, 0.1) is 5.92 Å². The number of hydrogen-bond acceptors (Lipinski definition) is 2. The van der Waals surface area contributed by atoms with Gasteiger partial charge in [0.2, 0.25) is 0 Å². The van der Waals surface area contributed by atoms with Crippen LogP contribution in [0.15, 0.2) is 21.1 Å². The Morgan fingerprint density at radius 3 is 2.50 bits per heavy atom. The molecule has 1 aliphatic rings. The van der Waals surface area contributed by atoms with Crippen LogP contribution >= 0.6 is 44.3 Å². The van der Waals surface area contributed by atoms with Crippen molar-refractivity contribution in [2.24, 2.45) is 11.7 Å². The van der Waals surface area contributed by atoms with Gasteiger partial charge in [-0.25, -0.2) is 0 Å². The van der Waals surface area contributed by atoms with E-state index >= 15 is 0 Å². The Hall–Kier alpha value is 0.230. The van der Waals surface area contributed by atoms with Gasteiger partial charge in [-0.05, 0) is 24.5 Å². The van der Waals surface area contributed by atoms with Crippen molar-refractivity contribution in [3.63, 3.8) is 0 Å². The Labute approximate surface area is 118 Å². The fourth-order valence-electron chi connectivity index (χ4n) is 1.77. The van der Waals surface area contributed by atoms with Gasteiger partial charge < -0.3 is 10.8 Å². The van der Waals surface area contributed by atoms with Crippen LogP contribution in [0.25, 0.3) is 0 Å². The maximum atomic E-state index is 9.84. The molecule has 0 radical (unpaired) electrons. The second-order valence-electron chi connectivity index (χ2n) is 4.11. The third-order valence-electron chi connectivity index (χ3n) is 2.73. The topological polar surface area (TPSA) is 46.2 Å². The molecule has 2 nitrogen and oxygen atoms in total. The minimum Gasteiger partial charge on any atom is -0.508 e. The van der Waals surface area contributed by atoms with E-state index < -0.39 is 0 Å². The summed E-state index contributed by atoms with van der Waals surface area (Å²) in [7, 11) is 0. The summed E-state index contributed by atoms with van der Waals surface area (Å²) in [4.78, 5) is 0. The normalized spacial score (nSPS) is 16.7. The van der Waals surface area contributed by atoms with Crippen LogP contribution in [0.2, 0.25) is 0 Å². The highest BCUT2D eigenvalue weighted by molar-refractivity contribution is 9.11. The molecule has 1 aromatic rings. The first-order valence-corrected chi connectivity index (χ1v) is 6.60. The molecule has 5 heteroatoms. The van der Waals surface area contributed by atoms with Gasteiger partial charge in [0.05, 0.1) is 0 Å². The van der Waals surface area contributed by atoms with Crippen LogP contribution in [-0.2, 0) is 0 Å². The molecular formula is C11H14Br2ClNO. The standard InChI is InChI=1S/C11H13Br2NO.ClH/c12-7-4-8(13)11(10(15)5-7)9(14)3-6-1-2-6;/h4-6,9,15H,1-3,14H2;1H/t9-;/m0./s1. The predicted molar refractivity (Wildman–Crippen MR) is 75.0 cm³/mol. The van der Waals surface area contributed by atoms with E-state index in [4.69, 9.17) is 5.73 Å². The van der Waals surface area contributed by atoms with E-state index in [1.165, 1.54) is 12.8 Å². The Kier molecular flexibility index (Phi) is 5.10. The molecule has 0 saturated heterocycles. The van der Waals surface area contributed by atoms with Gasteiger partial charge in [0.1, 0.15) is 5.75 Å². The van der Waals surface area contributed by atoms with E-state index in [1.807, 2.05) is 6.07 Å². The van der Waals surface area contributed by atoms with E-state index in [1.54, 1.807) is 6.07 Å². The zero-order chi connectivity index (χ0) is 11.0. The maximum Gasteiger partial charge on any atom is 0.122 e. The molecule has 0 unspecified atom stereocenters. The molecule has 1 aromatic carbocycles. The molecule has 90 valence electrons. The number of phenols is 1. The van der Waals surface area contributed by atoms with Crippen molar-refractivity contribution >= 4 is 44.3 Å². The van der Waals surface area contributed by atoms with Crippen LogP contribution < -0.4 is 5.73 Å². The fourth-order valence-corrected chi connectivity index (χ4v) is 3.27. The number of rotatable bonds is 3. The summed E-state index contributed by atoms with van der Waals surface area (Å²) in [6.45, 7) is 0. The first-order chi connectivity index (χ1) is 7.08. The smallest absolute Gasteiger partial charge is 0.122 e. The number of phenolic OH excluding ortho intramolecular Hbond substituents is 1. The Morgan fingerprint density at radius 1 is 1.38 bits per heavy atom. The number of benzene rings is 1. The highest BCUT2D eigenvalue weighted by Crippen LogP contribution is 2.41. The van der Waals surface area contributed by atoms with Crippen molar-refractivity contribution in [3.8, 4) is 5.75 Å². The highest BCUT2D eigenvalue weighted by atomic mass is 79.9. The first-order valence-electron chi connectivity index (χ1n) is 5.01. The Balaban J connectivity index is 0.00000128. The summed E-state index contributed by atoms with van der Waals surface area (Å²) in [6, 6.07) is 3.54. The average molecular weight is 372 g/mol. The van der Waals surface area contributed by atoms with Gasteiger partial charge in [0.25, 0.3) is 0 Å². The molecular weight excluding hydrogens is 357 g/mol. The number of aromatic hydroxyl groups is 1. The predicted octanol–water partition coefficient (Wildman–Crippen LogP) is 4.14. The molecule has 0 aliphatic heterocycles. The van der Waals surface area contributed by atoms with E-state index in [9.17, 15) is 5.11 Å². The first kappa shape index (κ1) is 14.3. The molecule has 0 amide bonds. The Bertz CT molecular complexity index is 359. The summed E-state index contributed by atoms with van der Waals surface area (Å²) in [5, 5.41) is 9.84. The summed E-state index contributed by atoms with van der Waals surface area (Å²) < 4.78 is 1.73. The lowest BCUT2D eigenvalue weighted by molar-refractivity contribution is 0.454. The number of nitrogens with two attached hydrogens (primary N) is 1. The lowest BCUT2D eigenvalue weighted by Gasteiger charge is -2.15. The third-order valence-corrected chi connectivity index (χ3v) is 3.84. The zero-order valence-corrected chi connectivity index (χ0v) is 12.6. The second kappa shape index (κ2) is 5.71. The molecule has 0 aromatic heterocycles. The molecule has 3 N–H and O–H groups in total. The van der Waals surface area contributed by atoms with Crippen LogP contribution in [0.5, 0.6) is 5.75 Å². The van der Waals surface area contributed by atoms with E-state index in [0.29, 0.717) is 0 Å². The molecule has 0 heterocycles. The van der Waals surface area contributed by atoms with Gasteiger partial charge in [-0.3, -0.25) is 0 Å². The fraction of sp³-hybridized carbons (Fsp3) is 0.455. The molecule has 1 atom stereocenters. The van der Waals surface area contributed by atoms with Gasteiger partial charge in [-0.1, -0.05) is 44.7 Å². The minimum atomic E-state index is -0.0695. The molecule has 1 saturated carbocycles. The molecule has 0 spiro atoms. The van der Waals surface area contributed by atoms with Gasteiger partial charge in [-0.15, -0.1) is 12.4 Å². The third kappa shape index (κ3) is 3.36. The largest absolute Gasteiger partial charge is 0.508 e. The van der Waals surface area contributed by atoms with Crippen molar-refractivity contribution in [2.45, 2.75) is 25.3 Å². The monoisotopic (exact) mass is 369 g/mol.